The first-order valence-electron chi connectivity index (χ1n) is 7.63. The van der Waals surface area contributed by atoms with Gasteiger partial charge in [-0.3, -0.25) is 9.88 Å². The lowest BCUT2D eigenvalue weighted by Gasteiger charge is -2.26. The Balaban J connectivity index is 1.86. The number of hydrogen-bond donors (Lipinski definition) is 1. The maximum absolute atomic E-state index is 11.3. The van der Waals surface area contributed by atoms with Crippen LogP contribution in [0.4, 0.5) is 0 Å². The molecule has 4 nitrogen and oxygen atoms in total. The maximum atomic E-state index is 11.3. The second-order valence-corrected chi connectivity index (χ2v) is 5.79. The Labute approximate surface area is 130 Å². The summed E-state index contributed by atoms with van der Waals surface area (Å²) in [6.07, 6.45) is 3.91. The number of benzene rings is 1. The monoisotopic (exact) mass is 296 g/mol. The summed E-state index contributed by atoms with van der Waals surface area (Å²) >= 11 is 0. The zero-order valence-electron chi connectivity index (χ0n) is 12.7. The number of nitrogens with zero attached hydrogens (tertiary/aromatic N) is 2. The molecule has 0 bridgehead atoms. The topological polar surface area (TPSA) is 53.4 Å². The Morgan fingerprint density at radius 1 is 1.32 bits per heavy atom. The Morgan fingerprint density at radius 3 is 2.91 bits per heavy atom. The Morgan fingerprint density at radius 2 is 2.14 bits per heavy atom. The fourth-order valence-corrected chi connectivity index (χ4v) is 3.28. The first-order valence-corrected chi connectivity index (χ1v) is 7.63. The lowest BCUT2D eigenvalue weighted by molar-refractivity contribution is 0.0693. The van der Waals surface area contributed by atoms with Gasteiger partial charge in [-0.2, -0.15) is 0 Å². The predicted molar refractivity (Wildman–Crippen MR) is 84.8 cm³/mol. The fourth-order valence-electron chi connectivity index (χ4n) is 3.28. The normalized spacial score (nSPS) is 18.5. The van der Waals surface area contributed by atoms with Crippen LogP contribution in [-0.4, -0.2) is 27.5 Å². The van der Waals surface area contributed by atoms with Crippen molar-refractivity contribution in [1.29, 1.82) is 0 Å². The van der Waals surface area contributed by atoms with Gasteiger partial charge in [0.25, 0.3) is 0 Å². The molecule has 22 heavy (non-hydrogen) atoms. The van der Waals surface area contributed by atoms with Crippen molar-refractivity contribution < 1.29 is 9.90 Å². The smallest absolute Gasteiger partial charge is 0.337 e. The summed E-state index contributed by atoms with van der Waals surface area (Å²) in [6.45, 7) is 3.70. The van der Waals surface area contributed by atoms with Crippen LogP contribution in [-0.2, 0) is 6.54 Å². The van der Waals surface area contributed by atoms with Crippen LogP contribution in [0.1, 0.15) is 46.1 Å². The number of aromatic carboxylic acids is 1. The highest BCUT2D eigenvalue weighted by Crippen LogP contribution is 2.34. The Kier molecular flexibility index (Phi) is 4.20. The standard InChI is InChI=1S/C18H20N2O2/c1-13-6-2-3-7-14(13)17-9-5-11-20(17)12-16-15(18(21)22)8-4-10-19-16/h2-4,6-8,10,17H,5,9,11-12H2,1H3,(H,21,22). The van der Waals surface area contributed by atoms with Gasteiger partial charge in [0.1, 0.15) is 0 Å². The van der Waals surface area contributed by atoms with Gasteiger partial charge in [0.2, 0.25) is 0 Å². The van der Waals surface area contributed by atoms with Gasteiger partial charge in [0, 0.05) is 18.8 Å². The van der Waals surface area contributed by atoms with Gasteiger partial charge in [-0.1, -0.05) is 24.3 Å². The summed E-state index contributed by atoms with van der Waals surface area (Å²) in [4.78, 5) is 18.0. The molecular weight excluding hydrogens is 276 g/mol. The number of carboxylic acids is 1. The molecule has 2 aromatic rings. The molecule has 114 valence electrons. The minimum absolute atomic E-state index is 0.304. The maximum Gasteiger partial charge on any atom is 0.337 e. The van der Waals surface area contributed by atoms with Crippen LogP contribution in [0.2, 0.25) is 0 Å². The van der Waals surface area contributed by atoms with Crippen molar-refractivity contribution in [3.63, 3.8) is 0 Å². The zero-order valence-corrected chi connectivity index (χ0v) is 12.7. The molecule has 2 heterocycles. The van der Waals surface area contributed by atoms with Gasteiger partial charge in [-0.15, -0.1) is 0 Å². The van der Waals surface area contributed by atoms with Gasteiger partial charge >= 0.3 is 5.97 Å². The SMILES string of the molecule is Cc1ccccc1C1CCCN1Cc1ncccc1C(=O)O. The first-order chi connectivity index (χ1) is 10.7. The van der Waals surface area contributed by atoms with E-state index in [2.05, 4.69) is 41.1 Å². The van der Waals surface area contributed by atoms with Gasteiger partial charge < -0.3 is 5.11 Å². The van der Waals surface area contributed by atoms with Crippen molar-refractivity contribution in [2.75, 3.05) is 6.54 Å². The van der Waals surface area contributed by atoms with E-state index in [9.17, 15) is 9.90 Å². The van der Waals surface area contributed by atoms with Crippen LogP contribution in [0.15, 0.2) is 42.6 Å². The van der Waals surface area contributed by atoms with Gasteiger partial charge in [0.05, 0.1) is 11.3 Å². The second kappa shape index (κ2) is 6.28. The van der Waals surface area contributed by atoms with Gasteiger partial charge in [-0.05, 0) is 49.6 Å². The summed E-state index contributed by atoms with van der Waals surface area (Å²) in [5.41, 5.74) is 3.58. The molecule has 1 unspecified atom stereocenters. The molecule has 1 aromatic carbocycles. The van der Waals surface area contributed by atoms with E-state index in [0.717, 1.165) is 19.4 Å². The van der Waals surface area contributed by atoms with E-state index in [-0.39, 0.29) is 0 Å². The van der Waals surface area contributed by atoms with E-state index in [1.165, 1.54) is 11.1 Å². The van der Waals surface area contributed by atoms with E-state index in [1.54, 1.807) is 18.3 Å². The predicted octanol–water partition coefficient (Wildman–Crippen LogP) is 3.43. The number of pyridine rings is 1. The summed E-state index contributed by atoms with van der Waals surface area (Å²) in [5, 5.41) is 9.31. The lowest BCUT2D eigenvalue weighted by Crippen LogP contribution is -2.25. The molecule has 1 aliphatic rings. The second-order valence-electron chi connectivity index (χ2n) is 5.79. The van der Waals surface area contributed by atoms with Crippen molar-refractivity contribution in [2.24, 2.45) is 0 Å². The van der Waals surface area contributed by atoms with Gasteiger partial charge in [-0.25, -0.2) is 4.79 Å². The van der Waals surface area contributed by atoms with Gasteiger partial charge in [0.15, 0.2) is 0 Å². The van der Waals surface area contributed by atoms with E-state index in [4.69, 9.17) is 0 Å². The van der Waals surface area contributed by atoms with E-state index >= 15 is 0 Å². The Bertz CT molecular complexity index is 684. The van der Waals surface area contributed by atoms with Crippen LogP contribution >= 0.6 is 0 Å². The highest BCUT2D eigenvalue weighted by molar-refractivity contribution is 5.88. The number of carboxylic acid groups (broad SMARTS) is 1. The summed E-state index contributed by atoms with van der Waals surface area (Å²) in [7, 11) is 0. The number of likely N-dealkylation sites (tertiary alicyclic amines) is 1. The van der Waals surface area contributed by atoms with Crippen molar-refractivity contribution >= 4 is 5.97 Å². The van der Waals surface area contributed by atoms with Crippen LogP contribution in [0, 0.1) is 6.92 Å². The zero-order chi connectivity index (χ0) is 15.5. The van der Waals surface area contributed by atoms with Crippen LogP contribution < -0.4 is 0 Å². The summed E-state index contributed by atoms with van der Waals surface area (Å²) in [6, 6.07) is 12.1. The molecule has 1 fully saturated rings. The van der Waals surface area contributed by atoms with E-state index < -0.39 is 5.97 Å². The fraction of sp³-hybridized carbons (Fsp3) is 0.333. The molecule has 1 atom stereocenters. The third kappa shape index (κ3) is 2.88. The summed E-state index contributed by atoms with van der Waals surface area (Å²) in [5.74, 6) is -0.908. The molecule has 1 N–H and O–H groups in total. The van der Waals surface area contributed by atoms with Crippen molar-refractivity contribution in [1.82, 2.24) is 9.88 Å². The number of carbonyl (C=O) groups is 1. The molecule has 0 radical (unpaired) electrons. The van der Waals surface area contributed by atoms with Crippen LogP contribution in [0.3, 0.4) is 0 Å². The largest absolute Gasteiger partial charge is 0.478 e. The molecule has 0 saturated carbocycles. The average Bonchev–Trinajstić information content (AvgIpc) is 2.96. The highest BCUT2D eigenvalue weighted by Gasteiger charge is 2.28. The third-order valence-electron chi connectivity index (χ3n) is 4.38. The average molecular weight is 296 g/mol. The minimum Gasteiger partial charge on any atom is -0.478 e. The Hall–Kier alpha value is -2.20. The van der Waals surface area contributed by atoms with Crippen LogP contribution in [0.5, 0.6) is 0 Å². The first kappa shape index (κ1) is 14.7. The molecule has 4 heteroatoms. The van der Waals surface area contributed by atoms with E-state index in [0.29, 0.717) is 23.8 Å². The van der Waals surface area contributed by atoms with Crippen molar-refractivity contribution in [3.8, 4) is 0 Å². The molecule has 0 aliphatic carbocycles. The molecule has 1 saturated heterocycles. The number of aromatic nitrogens is 1. The van der Waals surface area contributed by atoms with Crippen LogP contribution in [0.25, 0.3) is 0 Å². The van der Waals surface area contributed by atoms with Crippen molar-refractivity contribution in [3.05, 3.63) is 65.0 Å². The summed E-state index contributed by atoms with van der Waals surface area (Å²) < 4.78 is 0. The minimum atomic E-state index is -0.908. The number of aryl methyl sites for hydroxylation is 1. The molecule has 0 spiro atoms. The molecule has 1 aromatic heterocycles. The molecule has 3 rings (SSSR count). The number of hydrogen-bond acceptors (Lipinski definition) is 3. The highest BCUT2D eigenvalue weighted by atomic mass is 16.4. The molecule has 0 amide bonds. The third-order valence-corrected chi connectivity index (χ3v) is 4.38. The molecular formula is C18H20N2O2. The van der Waals surface area contributed by atoms with E-state index in [1.807, 2.05) is 0 Å². The lowest BCUT2D eigenvalue weighted by atomic mass is 9.99. The quantitative estimate of drug-likeness (QED) is 0.939. The van der Waals surface area contributed by atoms with Crippen molar-refractivity contribution in [2.45, 2.75) is 32.4 Å². The molecule has 1 aliphatic heterocycles. The number of rotatable bonds is 4.